The first-order chi connectivity index (χ1) is 11.5. The fourth-order valence-corrected chi connectivity index (χ4v) is 3.36. The number of aryl methyl sites for hydroxylation is 1. The fourth-order valence-electron chi connectivity index (χ4n) is 3.05. The average Bonchev–Trinajstić information content (AvgIpc) is 2.91. The summed E-state index contributed by atoms with van der Waals surface area (Å²) in [6.07, 6.45) is 1.45. The molecule has 1 heterocycles. The standard InChI is InChI=1S/C18H10Cl2N2O2/c1-9-6-7-12-13(14(9)22-8-21-17(19)18(22)20)16(24)11-5-3-2-4-10(11)15(12)23/h2-8H,1H3. The van der Waals surface area contributed by atoms with E-state index < -0.39 is 0 Å². The Morgan fingerprint density at radius 2 is 1.58 bits per heavy atom. The minimum absolute atomic E-state index is 0.142. The monoisotopic (exact) mass is 356 g/mol. The maximum Gasteiger partial charge on any atom is 0.196 e. The molecule has 1 aromatic heterocycles. The molecule has 4 nitrogen and oxygen atoms in total. The minimum Gasteiger partial charge on any atom is -0.289 e. The highest BCUT2D eigenvalue weighted by Gasteiger charge is 2.33. The summed E-state index contributed by atoms with van der Waals surface area (Å²) >= 11 is 12.2. The number of rotatable bonds is 1. The Morgan fingerprint density at radius 1 is 0.917 bits per heavy atom. The van der Waals surface area contributed by atoms with Crippen LogP contribution in [-0.2, 0) is 0 Å². The van der Waals surface area contributed by atoms with Crippen LogP contribution in [0.3, 0.4) is 0 Å². The number of hydrogen-bond acceptors (Lipinski definition) is 3. The number of fused-ring (bicyclic) bond motifs is 2. The highest BCUT2D eigenvalue weighted by Crippen LogP contribution is 2.35. The predicted octanol–water partition coefficient (Wildman–Crippen LogP) is 4.26. The van der Waals surface area contributed by atoms with Crippen LogP contribution in [0.15, 0.2) is 42.7 Å². The topological polar surface area (TPSA) is 52.0 Å². The number of carbonyl (C=O) groups is 2. The molecule has 0 fully saturated rings. The van der Waals surface area contributed by atoms with E-state index in [4.69, 9.17) is 23.2 Å². The number of hydrogen-bond donors (Lipinski definition) is 0. The van der Waals surface area contributed by atoms with Crippen molar-refractivity contribution in [3.63, 3.8) is 0 Å². The van der Waals surface area contributed by atoms with Gasteiger partial charge in [0.15, 0.2) is 21.9 Å². The van der Waals surface area contributed by atoms with Gasteiger partial charge in [-0.25, -0.2) is 4.98 Å². The molecule has 0 bridgehead atoms. The Kier molecular flexibility index (Phi) is 3.34. The van der Waals surface area contributed by atoms with Crippen molar-refractivity contribution < 1.29 is 9.59 Å². The molecule has 0 N–H and O–H groups in total. The molecule has 1 aliphatic carbocycles. The normalized spacial score (nSPS) is 13.0. The summed E-state index contributed by atoms with van der Waals surface area (Å²) in [5.74, 6) is -0.386. The van der Waals surface area contributed by atoms with Gasteiger partial charge in [-0.1, -0.05) is 53.5 Å². The van der Waals surface area contributed by atoms with E-state index in [1.54, 1.807) is 36.4 Å². The lowest BCUT2D eigenvalue weighted by Gasteiger charge is -2.22. The predicted molar refractivity (Wildman–Crippen MR) is 91.6 cm³/mol. The van der Waals surface area contributed by atoms with Crippen molar-refractivity contribution in [3.8, 4) is 5.69 Å². The van der Waals surface area contributed by atoms with Gasteiger partial charge in [-0.3, -0.25) is 14.2 Å². The number of imidazole rings is 1. The molecule has 3 aromatic rings. The summed E-state index contributed by atoms with van der Waals surface area (Å²) in [6, 6.07) is 10.3. The van der Waals surface area contributed by atoms with Crippen molar-refractivity contribution in [1.82, 2.24) is 9.55 Å². The third-order valence-electron chi connectivity index (χ3n) is 4.18. The molecule has 2 aromatic carbocycles. The Bertz CT molecular complexity index is 1040. The zero-order valence-corrected chi connectivity index (χ0v) is 14.0. The van der Waals surface area contributed by atoms with Gasteiger partial charge in [0.1, 0.15) is 6.33 Å². The third kappa shape index (κ3) is 1.97. The number of aromatic nitrogens is 2. The quantitative estimate of drug-likeness (QED) is 0.511. The van der Waals surface area contributed by atoms with E-state index in [1.807, 2.05) is 6.92 Å². The molecule has 1 aliphatic rings. The second-order valence-corrected chi connectivity index (χ2v) is 6.27. The van der Waals surface area contributed by atoms with Crippen LogP contribution in [0.25, 0.3) is 5.69 Å². The molecule has 0 amide bonds. The van der Waals surface area contributed by atoms with E-state index in [0.29, 0.717) is 27.9 Å². The van der Waals surface area contributed by atoms with Gasteiger partial charge in [-0.05, 0) is 18.6 Å². The summed E-state index contributed by atoms with van der Waals surface area (Å²) in [5, 5.41) is 0.343. The smallest absolute Gasteiger partial charge is 0.196 e. The molecule has 0 unspecified atom stereocenters. The molecule has 6 heteroatoms. The zero-order valence-electron chi connectivity index (χ0n) is 12.5. The highest BCUT2D eigenvalue weighted by atomic mass is 35.5. The molecule has 24 heavy (non-hydrogen) atoms. The largest absolute Gasteiger partial charge is 0.289 e. The number of nitrogens with zero attached hydrogens (tertiary/aromatic N) is 2. The van der Waals surface area contributed by atoms with Crippen LogP contribution >= 0.6 is 23.2 Å². The molecule has 118 valence electrons. The van der Waals surface area contributed by atoms with Crippen molar-refractivity contribution >= 4 is 34.8 Å². The van der Waals surface area contributed by atoms with Gasteiger partial charge >= 0.3 is 0 Å². The van der Waals surface area contributed by atoms with Crippen LogP contribution in [0.2, 0.25) is 10.3 Å². The second kappa shape index (κ2) is 5.30. The Balaban J connectivity index is 2.08. The van der Waals surface area contributed by atoms with Crippen molar-refractivity contribution in [2.75, 3.05) is 0 Å². The minimum atomic E-state index is -0.209. The van der Waals surface area contributed by atoms with Crippen LogP contribution < -0.4 is 0 Å². The first-order valence-corrected chi connectivity index (χ1v) is 7.97. The zero-order chi connectivity index (χ0) is 17.0. The van der Waals surface area contributed by atoms with E-state index in [9.17, 15) is 9.59 Å². The second-order valence-electron chi connectivity index (χ2n) is 5.55. The van der Waals surface area contributed by atoms with Crippen molar-refractivity contribution in [3.05, 3.63) is 80.8 Å². The molecule has 0 aliphatic heterocycles. The van der Waals surface area contributed by atoms with Gasteiger partial charge in [0.05, 0.1) is 11.3 Å². The van der Waals surface area contributed by atoms with Crippen LogP contribution in [0.1, 0.15) is 37.4 Å². The van der Waals surface area contributed by atoms with Crippen LogP contribution in [-0.4, -0.2) is 21.1 Å². The highest BCUT2D eigenvalue weighted by molar-refractivity contribution is 6.40. The number of carbonyl (C=O) groups excluding carboxylic acids is 2. The lowest BCUT2D eigenvalue weighted by molar-refractivity contribution is 0.0979. The van der Waals surface area contributed by atoms with Gasteiger partial charge in [-0.15, -0.1) is 0 Å². The summed E-state index contributed by atoms with van der Waals surface area (Å²) in [4.78, 5) is 29.8. The molecule has 0 spiro atoms. The SMILES string of the molecule is Cc1ccc2c(c1-n1cnc(Cl)c1Cl)C(=O)c1ccccc1C2=O. The number of halogens is 2. The first-order valence-electron chi connectivity index (χ1n) is 7.21. The van der Waals surface area contributed by atoms with E-state index >= 15 is 0 Å². The molecule has 0 radical (unpaired) electrons. The molecule has 0 atom stereocenters. The molecular weight excluding hydrogens is 347 g/mol. The van der Waals surface area contributed by atoms with Crippen LogP contribution in [0, 0.1) is 6.92 Å². The van der Waals surface area contributed by atoms with Crippen molar-refractivity contribution in [1.29, 1.82) is 0 Å². The van der Waals surface area contributed by atoms with Crippen LogP contribution in [0.5, 0.6) is 0 Å². The van der Waals surface area contributed by atoms with Gasteiger partial charge in [0.25, 0.3) is 0 Å². The Hall–Kier alpha value is -2.43. The fraction of sp³-hybridized carbons (Fsp3) is 0.0556. The van der Waals surface area contributed by atoms with E-state index in [0.717, 1.165) is 5.56 Å². The number of benzene rings is 2. The van der Waals surface area contributed by atoms with Crippen molar-refractivity contribution in [2.24, 2.45) is 0 Å². The van der Waals surface area contributed by atoms with Crippen LogP contribution in [0.4, 0.5) is 0 Å². The van der Waals surface area contributed by atoms with Gasteiger partial charge in [0.2, 0.25) is 0 Å². The maximum atomic E-state index is 13.1. The summed E-state index contributed by atoms with van der Waals surface area (Å²) < 4.78 is 1.54. The number of ketones is 2. The summed E-state index contributed by atoms with van der Waals surface area (Å²) in [6.45, 7) is 1.85. The Morgan fingerprint density at radius 3 is 2.21 bits per heavy atom. The molecule has 0 saturated heterocycles. The van der Waals surface area contributed by atoms with E-state index in [-0.39, 0.29) is 21.9 Å². The molecule has 0 saturated carbocycles. The van der Waals surface area contributed by atoms with E-state index in [1.165, 1.54) is 10.9 Å². The first kappa shape index (κ1) is 15.1. The third-order valence-corrected chi connectivity index (χ3v) is 4.91. The van der Waals surface area contributed by atoms with Gasteiger partial charge in [0, 0.05) is 16.7 Å². The molecule has 4 rings (SSSR count). The van der Waals surface area contributed by atoms with Crippen molar-refractivity contribution in [2.45, 2.75) is 6.92 Å². The lowest BCUT2D eigenvalue weighted by Crippen LogP contribution is -2.23. The Labute approximate surface area is 147 Å². The van der Waals surface area contributed by atoms with Gasteiger partial charge < -0.3 is 0 Å². The maximum absolute atomic E-state index is 13.1. The van der Waals surface area contributed by atoms with E-state index in [2.05, 4.69) is 4.98 Å². The summed E-state index contributed by atoms with van der Waals surface area (Å²) in [7, 11) is 0. The summed E-state index contributed by atoms with van der Waals surface area (Å²) in [5.41, 5.74) is 2.83. The average molecular weight is 357 g/mol. The molecular formula is C18H10Cl2N2O2. The van der Waals surface area contributed by atoms with Gasteiger partial charge in [-0.2, -0.15) is 0 Å². The lowest BCUT2D eigenvalue weighted by atomic mass is 9.82.